The van der Waals surface area contributed by atoms with Crippen LogP contribution in [0, 0.1) is 6.92 Å². The van der Waals surface area contributed by atoms with Gasteiger partial charge in [-0.3, -0.25) is 9.20 Å². The van der Waals surface area contributed by atoms with Gasteiger partial charge in [0.25, 0.3) is 5.56 Å². The number of piperazine rings is 1. The van der Waals surface area contributed by atoms with Crippen LogP contribution in [0.1, 0.15) is 18.4 Å². The Morgan fingerprint density at radius 2 is 2.07 bits per heavy atom. The summed E-state index contributed by atoms with van der Waals surface area (Å²) in [5.41, 5.74) is 4.90. The molecule has 4 aromatic rings. The van der Waals surface area contributed by atoms with E-state index >= 15 is 0 Å². The normalized spacial score (nSPS) is 18.0. The number of pyridine rings is 1. The van der Waals surface area contributed by atoms with Gasteiger partial charge in [0.2, 0.25) is 0 Å². The van der Waals surface area contributed by atoms with Gasteiger partial charge < -0.3 is 10.2 Å². The minimum atomic E-state index is -0.103. The van der Waals surface area contributed by atoms with Crippen LogP contribution in [0.2, 0.25) is 0 Å². The molecule has 1 saturated carbocycles. The van der Waals surface area contributed by atoms with Gasteiger partial charge in [-0.15, -0.1) is 0 Å². The van der Waals surface area contributed by atoms with Crippen LogP contribution < -0.4 is 15.8 Å². The molecule has 1 aliphatic heterocycles. The van der Waals surface area contributed by atoms with E-state index in [1.54, 1.807) is 27.4 Å². The number of hydrogen-bond acceptors (Lipinski definition) is 6. The topological polar surface area (TPSA) is 79.8 Å². The Bertz CT molecular complexity index is 1320. The van der Waals surface area contributed by atoms with Crippen molar-refractivity contribution in [2.75, 3.05) is 24.5 Å². The lowest BCUT2D eigenvalue weighted by molar-refractivity contribution is 0.442. The predicted octanol–water partition coefficient (Wildman–Crippen LogP) is 1.65. The first-order chi connectivity index (χ1) is 14.1. The molecule has 2 fully saturated rings. The second kappa shape index (κ2) is 5.87. The molecule has 1 aliphatic carbocycles. The fraction of sp³-hybridized carbons (Fsp3) is 0.333. The highest BCUT2D eigenvalue weighted by atomic mass is 16.1. The summed E-state index contributed by atoms with van der Waals surface area (Å²) in [6.45, 7) is 4.90. The molecule has 0 amide bonds. The molecule has 1 saturated heterocycles. The molecule has 1 spiro atoms. The molecule has 2 aliphatic rings. The van der Waals surface area contributed by atoms with Crippen molar-refractivity contribution in [3.8, 4) is 11.4 Å². The molecule has 1 N–H and O–H groups in total. The van der Waals surface area contributed by atoms with Crippen molar-refractivity contribution >= 4 is 17.0 Å². The van der Waals surface area contributed by atoms with Crippen molar-refractivity contribution in [3.05, 3.63) is 58.8 Å². The maximum absolute atomic E-state index is 12.9. The lowest BCUT2D eigenvalue weighted by atomic mass is 10.1. The lowest BCUT2D eigenvalue weighted by Gasteiger charge is -2.35. The number of fused-ring (bicyclic) bond motifs is 2. The van der Waals surface area contributed by atoms with Gasteiger partial charge in [0, 0.05) is 49.8 Å². The second-order valence-corrected chi connectivity index (χ2v) is 8.13. The van der Waals surface area contributed by atoms with E-state index in [1.165, 1.54) is 12.8 Å². The largest absolute Gasteiger partial charge is 0.367 e. The number of imidazole rings is 1. The Hall–Kier alpha value is -3.26. The van der Waals surface area contributed by atoms with Gasteiger partial charge in [-0.05, 0) is 43.5 Å². The lowest BCUT2D eigenvalue weighted by Crippen LogP contribution is -2.52. The van der Waals surface area contributed by atoms with Crippen LogP contribution in [-0.2, 0) is 0 Å². The average molecular weight is 387 g/mol. The summed E-state index contributed by atoms with van der Waals surface area (Å²) >= 11 is 0. The summed E-state index contributed by atoms with van der Waals surface area (Å²) in [6.07, 6.45) is 7.89. The molecular weight excluding hydrogens is 366 g/mol. The van der Waals surface area contributed by atoms with Crippen LogP contribution >= 0.6 is 0 Å². The van der Waals surface area contributed by atoms with Crippen LogP contribution in [0.4, 0.5) is 5.69 Å². The fourth-order valence-electron chi connectivity index (χ4n) is 4.27. The Morgan fingerprint density at radius 1 is 1.17 bits per heavy atom. The Balaban J connectivity index is 1.42. The van der Waals surface area contributed by atoms with Gasteiger partial charge in [0.05, 0.1) is 11.4 Å². The van der Waals surface area contributed by atoms with Crippen molar-refractivity contribution < 1.29 is 0 Å². The number of aryl methyl sites for hydroxylation is 1. The Labute approximate surface area is 166 Å². The summed E-state index contributed by atoms with van der Waals surface area (Å²) in [7, 11) is 0. The van der Waals surface area contributed by atoms with Crippen LogP contribution in [-0.4, -0.2) is 49.2 Å². The van der Waals surface area contributed by atoms with Gasteiger partial charge in [-0.2, -0.15) is 5.10 Å². The third-order valence-corrected chi connectivity index (χ3v) is 6.04. The van der Waals surface area contributed by atoms with Crippen LogP contribution in [0.15, 0.2) is 47.7 Å². The molecule has 0 radical (unpaired) electrons. The first-order valence-corrected chi connectivity index (χ1v) is 9.95. The molecule has 6 rings (SSSR count). The van der Waals surface area contributed by atoms with Crippen molar-refractivity contribution in [1.29, 1.82) is 0 Å². The van der Waals surface area contributed by atoms with Gasteiger partial charge >= 0.3 is 0 Å². The van der Waals surface area contributed by atoms with E-state index < -0.39 is 0 Å². The molecule has 8 nitrogen and oxygen atoms in total. The van der Waals surface area contributed by atoms with E-state index in [4.69, 9.17) is 4.98 Å². The first-order valence-electron chi connectivity index (χ1n) is 9.95. The molecule has 8 heteroatoms. The molecule has 0 atom stereocenters. The van der Waals surface area contributed by atoms with Crippen molar-refractivity contribution in [1.82, 2.24) is 29.3 Å². The summed E-state index contributed by atoms with van der Waals surface area (Å²) in [5, 5.41) is 8.18. The van der Waals surface area contributed by atoms with Crippen molar-refractivity contribution in [2.24, 2.45) is 0 Å². The highest BCUT2D eigenvalue weighted by Gasteiger charge is 2.45. The maximum Gasteiger partial charge on any atom is 0.258 e. The fourth-order valence-corrected chi connectivity index (χ4v) is 4.27. The third-order valence-electron chi connectivity index (χ3n) is 6.04. The van der Waals surface area contributed by atoms with E-state index in [0.29, 0.717) is 17.0 Å². The second-order valence-electron chi connectivity index (χ2n) is 8.13. The molecule has 4 aromatic heterocycles. The Morgan fingerprint density at radius 3 is 2.93 bits per heavy atom. The van der Waals surface area contributed by atoms with E-state index in [-0.39, 0.29) is 11.1 Å². The molecular formula is C21H21N7O. The van der Waals surface area contributed by atoms with Gasteiger partial charge in [-0.1, -0.05) is 0 Å². The molecule has 0 bridgehead atoms. The van der Waals surface area contributed by atoms with E-state index in [1.807, 2.05) is 25.3 Å². The quantitative estimate of drug-likeness (QED) is 0.564. The van der Waals surface area contributed by atoms with Crippen molar-refractivity contribution in [2.45, 2.75) is 25.3 Å². The van der Waals surface area contributed by atoms with E-state index in [9.17, 15) is 4.79 Å². The summed E-state index contributed by atoms with van der Waals surface area (Å²) in [5.74, 6) is 0. The minimum absolute atomic E-state index is 0.103. The zero-order valence-electron chi connectivity index (χ0n) is 16.2. The van der Waals surface area contributed by atoms with Crippen LogP contribution in [0.25, 0.3) is 22.7 Å². The number of anilines is 1. The highest BCUT2D eigenvalue weighted by molar-refractivity contribution is 5.62. The zero-order chi connectivity index (χ0) is 19.6. The van der Waals surface area contributed by atoms with Crippen LogP contribution in [0.3, 0.4) is 0 Å². The molecule has 5 heterocycles. The monoisotopic (exact) mass is 387 g/mol. The van der Waals surface area contributed by atoms with Gasteiger partial charge in [-0.25, -0.2) is 14.5 Å². The summed E-state index contributed by atoms with van der Waals surface area (Å²) in [4.78, 5) is 24.2. The van der Waals surface area contributed by atoms with E-state index in [0.717, 1.165) is 36.5 Å². The zero-order valence-corrected chi connectivity index (χ0v) is 16.2. The predicted molar refractivity (Wildman–Crippen MR) is 110 cm³/mol. The van der Waals surface area contributed by atoms with Gasteiger partial charge in [0.15, 0.2) is 5.65 Å². The molecule has 146 valence electrons. The van der Waals surface area contributed by atoms with E-state index in [2.05, 4.69) is 26.4 Å². The SMILES string of the molecule is Cc1cc(-c2cc(=O)n3cc(N4CCNC5(CC5)C4)ccc3n2)nn2ccnc12. The van der Waals surface area contributed by atoms with Crippen LogP contribution in [0.5, 0.6) is 0 Å². The van der Waals surface area contributed by atoms with Crippen molar-refractivity contribution in [3.63, 3.8) is 0 Å². The highest BCUT2D eigenvalue weighted by Crippen LogP contribution is 2.38. The number of nitrogens with zero attached hydrogens (tertiary/aromatic N) is 6. The Kier molecular flexibility index (Phi) is 3.37. The summed E-state index contributed by atoms with van der Waals surface area (Å²) in [6, 6.07) is 7.46. The third kappa shape index (κ3) is 2.71. The number of hydrogen-bond donors (Lipinski definition) is 1. The summed E-state index contributed by atoms with van der Waals surface area (Å²) < 4.78 is 3.35. The average Bonchev–Trinajstić information content (AvgIpc) is 3.28. The molecule has 0 unspecified atom stereocenters. The first kappa shape index (κ1) is 16.7. The number of rotatable bonds is 2. The number of nitrogens with one attached hydrogen (secondary N) is 1. The smallest absolute Gasteiger partial charge is 0.258 e. The molecule has 0 aromatic carbocycles. The molecule has 29 heavy (non-hydrogen) atoms. The van der Waals surface area contributed by atoms with Gasteiger partial charge in [0.1, 0.15) is 11.3 Å². The minimum Gasteiger partial charge on any atom is -0.367 e. The standard InChI is InChI=1S/C21H21N7O/c1-14-10-17(25-28-9-6-22-20(14)28)16-11-19(29)27-12-15(2-3-18(27)24-16)26-8-7-23-21(13-26)4-5-21/h2-3,6,9-12,23H,4-5,7-8,13H2,1H3. The number of aromatic nitrogens is 5. The maximum atomic E-state index is 12.9.